The maximum absolute atomic E-state index is 13.3. The fourth-order valence-electron chi connectivity index (χ4n) is 3.56. The van der Waals surface area contributed by atoms with Gasteiger partial charge in [0.25, 0.3) is 5.92 Å². The number of halogens is 3. The first kappa shape index (κ1) is 17.4. The van der Waals surface area contributed by atoms with E-state index in [1.807, 2.05) is 11.1 Å². The molecule has 2 aliphatic rings. The number of piperidine rings is 2. The highest BCUT2D eigenvalue weighted by molar-refractivity contribution is 5.85. The maximum atomic E-state index is 13.3. The first-order valence-corrected chi connectivity index (χ1v) is 8.30. The summed E-state index contributed by atoms with van der Waals surface area (Å²) in [5.41, 5.74) is 2.88. The zero-order valence-corrected chi connectivity index (χ0v) is 14.2. The van der Waals surface area contributed by atoms with Crippen molar-refractivity contribution in [1.82, 2.24) is 20.3 Å². The lowest BCUT2D eigenvalue weighted by Gasteiger charge is -2.32. The molecule has 0 aliphatic carbocycles. The highest BCUT2D eigenvalue weighted by Crippen LogP contribution is 2.33. The van der Waals surface area contributed by atoms with E-state index < -0.39 is 5.92 Å². The van der Waals surface area contributed by atoms with E-state index in [-0.39, 0.29) is 25.2 Å². The first-order chi connectivity index (χ1) is 11.1. The van der Waals surface area contributed by atoms with Crippen molar-refractivity contribution in [2.24, 2.45) is 0 Å². The Morgan fingerprint density at radius 1 is 1.17 bits per heavy atom. The summed E-state index contributed by atoms with van der Waals surface area (Å²) >= 11 is 0. The molecule has 0 aromatic carbocycles. The molecule has 2 aromatic heterocycles. The molecule has 24 heavy (non-hydrogen) atoms. The van der Waals surface area contributed by atoms with Crippen LogP contribution in [0.5, 0.6) is 0 Å². The van der Waals surface area contributed by atoms with Crippen LogP contribution in [0.3, 0.4) is 0 Å². The van der Waals surface area contributed by atoms with Crippen molar-refractivity contribution in [1.29, 1.82) is 0 Å². The van der Waals surface area contributed by atoms with Gasteiger partial charge in [-0.05, 0) is 31.8 Å². The third kappa shape index (κ3) is 3.32. The molecule has 4 rings (SSSR count). The molecule has 132 valence electrons. The number of fused-ring (bicyclic) bond motifs is 1. The molecule has 0 bridgehead atoms. The van der Waals surface area contributed by atoms with Gasteiger partial charge < -0.3 is 15.2 Å². The van der Waals surface area contributed by atoms with Crippen LogP contribution < -0.4 is 10.2 Å². The molecule has 4 heterocycles. The third-order valence-corrected chi connectivity index (χ3v) is 5.00. The Hall–Kier alpha value is -1.47. The van der Waals surface area contributed by atoms with Crippen molar-refractivity contribution in [3.8, 4) is 0 Å². The fraction of sp³-hybridized carbons (Fsp3) is 0.625. The maximum Gasteiger partial charge on any atom is 0.251 e. The van der Waals surface area contributed by atoms with Crippen LogP contribution >= 0.6 is 12.4 Å². The van der Waals surface area contributed by atoms with Gasteiger partial charge in [0.15, 0.2) is 5.65 Å². The van der Waals surface area contributed by atoms with Crippen LogP contribution in [-0.2, 0) is 0 Å². The molecule has 2 aromatic rings. The Labute approximate surface area is 145 Å². The average molecular weight is 358 g/mol. The topological polar surface area (TPSA) is 56.8 Å². The Bertz CT molecular complexity index is 689. The van der Waals surface area contributed by atoms with E-state index in [4.69, 9.17) is 4.98 Å². The second-order valence-electron chi connectivity index (χ2n) is 6.54. The molecule has 0 unspecified atom stereocenters. The predicted octanol–water partition coefficient (Wildman–Crippen LogP) is 3.08. The second-order valence-corrected chi connectivity index (χ2v) is 6.54. The van der Waals surface area contributed by atoms with E-state index in [2.05, 4.69) is 15.3 Å². The monoisotopic (exact) mass is 357 g/mol. The summed E-state index contributed by atoms with van der Waals surface area (Å²) in [4.78, 5) is 14.3. The standard InChI is InChI=1S/C16H21F2N5.ClH/c17-16(18)3-7-23(8-4-16)13-10-21-15-14(22-13)12(9-20-15)11-1-5-19-6-2-11;/h9-11,19H,1-8H2,(H,20,21);1H. The number of aromatic nitrogens is 3. The van der Waals surface area contributed by atoms with Gasteiger partial charge in [-0.3, -0.25) is 0 Å². The molecule has 2 aliphatic heterocycles. The number of alkyl halides is 2. The summed E-state index contributed by atoms with van der Waals surface area (Å²) in [6, 6.07) is 0. The molecule has 2 fully saturated rings. The van der Waals surface area contributed by atoms with Crippen LogP contribution in [-0.4, -0.2) is 47.1 Å². The highest BCUT2D eigenvalue weighted by atomic mass is 35.5. The van der Waals surface area contributed by atoms with Crippen LogP contribution in [0.4, 0.5) is 14.6 Å². The van der Waals surface area contributed by atoms with Gasteiger partial charge in [0, 0.05) is 37.7 Å². The lowest BCUT2D eigenvalue weighted by atomic mass is 9.91. The normalized spacial score (nSPS) is 21.7. The van der Waals surface area contributed by atoms with Crippen LogP contribution in [0.2, 0.25) is 0 Å². The first-order valence-electron chi connectivity index (χ1n) is 8.30. The van der Waals surface area contributed by atoms with E-state index in [0.29, 0.717) is 24.8 Å². The van der Waals surface area contributed by atoms with E-state index in [1.54, 1.807) is 6.20 Å². The lowest BCUT2D eigenvalue weighted by molar-refractivity contribution is -0.0221. The van der Waals surface area contributed by atoms with Gasteiger partial charge in [0.05, 0.1) is 6.20 Å². The molecule has 0 radical (unpaired) electrons. The Kier molecular flexibility index (Phi) is 4.92. The van der Waals surface area contributed by atoms with Gasteiger partial charge in [0.1, 0.15) is 11.3 Å². The molecule has 0 spiro atoms. The number of aromatic amines is 1. The molecule has 2 saturated heterocycles. The van der Waals surface area contributed by atoms with Crippen molar-refractivity contribution in [3.05, 3.63) is 18.0 Å². The average Bonchev–Trinajstić information content (AvgIpc) is 2.99. The highest BCUT2D eigenvalue weighted by Gasteiger charge is 2.34. The number of nitrogens with zero attached hydrogens (tertiary/aromatic N) is 3. The van der Waals surface area contributed by atoms with Crippen LogP contribution in [0.25, 0.3) is 11.2 Å². The lowest BCUT2D eigenvalue weighted by Crippen LogP contribution is -2.39. The smallest absolute Gasteiger partial charge is 0.251 e. The van der Waals surface area contributed by atoms with Gasteiger partial charge >= 0.3 is 0 Å². The zero-order chi connectivity index (χ0) is 15.9. The third-order valence-electron chi connectivity index (χ3n) is 5.00. The van der Waals surface area contributed by atoms with Gasteiger partial charge in [-0.1, -0.05) is 0 Å². The van der Waals surface area contributed by atoms with E-state index in [1.165, 1.54) is 5.56 Å². The van der Waals surface area contributed by atoms with E-state index in [0.717, 1.165) is 37.1 Å². The molecular formula is C16H22ClF2N5. The Balaban J connectivity index is 0.00000169. The van der Waals surface area contributed by atoms with Crippen LogP contribution in [0, 0.1) is 0 Å². The van der Waals surface area contributed by atoms with Crippen molar-refractivity contribution in [3.63, 3.8) is 0 Å². The molecule has 0 saturated carbocycles. The number of nitrogens with one attached hydrogen (secondary N) is 2. The van der Waals surface area contributed by atoms with Gasteiger partial charge in [-0.25, -0.2) is 18.7 Å². The summed E-state index contributed by atoms with van der Waals surface area (Å²) in [5.74, 6) is -1.34. The predicted molar refractivity (Wildman–Crippen MR) is 92.4 cm³/mol. The second kappa shape index (κ2) is 6.80. The van der Waals surface area contributed by atoms with Gasteiger partial charge in [-0.2, -0.15) is 0 Å². The Morgan fingerprint density at radius 3 is 2.58 bits per heavy atom. The fourth-order valence-corrected chi connectivity index (χ4v) is 3.56. The minimum Gasteiger partial charge on any atom is -0.355 e. The molecule has 8 heteroatoms. The van der Waals surface area contributed by atoms with Gasteiger partial charge in [0.2, 0.25) is 0 Å². The summed E-state index contributed by atoms with van der Waals surface area (Å²) in [5, 5.41) is 3.37. The minimum atomic E-state index is -2.54. The number of rotatable bonds is 2. The minimum absolute atomic E-state index is 0. The summed E-state index contributed by atoms with van der Waals surface area (Å²) < 4.78 is 26.7. The van der Waals surface area contributed by atoms with E-state index in [9.17, 15) is 8.78 Å². The SMILES string of the molecule is Cl.FC1(F)CCN(c2cnc3[nH]cc(C4CCNCC4)c3n2)CC1. The zero-order valence-electron chi connectivity index (χ0n) is 13.4. The van der Waals surface area contributed by atoms with E-state index >= 15 is 0 Å². The number of hydrogen-bond acceptors (Lipinski definition) is 4. The summed E-state index contributed by atoms with van der Waals surface area (Å²) in [7, 11) is 0. The van der Waals surface area contributed by atoms with Gasteiger partial charge in [-0.15, -0.1) is 12.4 Å². The molecule has 0 amide bonds. The molecule has 0 atom stereocenters. The quantitative estimate of drug-likeness (QED) is 0.867. The number of anilines is 1. The Morgan fingerprint density at radius 2 is 1.88 bits per heavy atom. The molecular weight excluding hydrogens is 336 g/mol. The van der Waals surface area contributed by atoms with Crippen molar-refractivity contribution < 1.29 is 8.78 Å². The molecule has 5 nitrogen and oxygen atoms in total. The largest absolute Gasteiger partial charge is 0.355 e. The van der Waals surface area contributed by atoms with Crippen molar-refractivity contribution in [2.45, 2.75) is 37.5 Å². The summed E-state index contributed by atoms with van der Waals surface area (Å²) in [6.45, 7) is 2.71. The van der Waals surface area contributed by atoms with Crippen molar-refractivity contribution >= 4 is 29.4 Å². The molecule has 2 N–H and O–H groups in total. The van der Waals surface area contributed by atoms with Crippen LogP contribution in [0.15, 0.2) is 12.4 Å². The summed E-state index contributed by atoms with van der Waals surface area (Å²) in [6.07, 6.45) is 5.66. The van der Waals surface area contributed by atoms with Crippen LogP contribution in [0.1, 0.15) is 37.2 Å². The number of hydrogen-bond donors (Lipinski definition) is 2. The van der Waals surface area contributed by atoms with Crippen molar-refractivity contribution in [2.75, 3.05) is 31.1 Å². The number of H-pyrrole nitrogens is 1.